The van der Waals surface area contributed by atoms with Crippen LogP contribution in [-0.4, -0.2) is 102 Å². The Kier molecular flexibility index (Phi) is 14.1. The standard InChI is InChI=1S/C39H49F2N7O10S/c1-38(2,3)57-36(50)46(16-17-54-18-19-56-59(7,52)53)21-25-10-12-28(13-11-25)48-23-29(32(45-48)33(40)41)43-34(49)30-24-55-35(44-30)27-14-15-42-31(20-27)47(22-26-8-9-26)37(51)58-39(4,5)6/h10-15,20,23-24,26,33H,8-9,16-19,21-22H2,1-7H3,(H,43,49). The number of oxazole rings is 1. The van der Waals surface area contributed by atoms with Crippen molar-refractivity contribution in [1.29, 1.82) is 0 Å². The SMILES string of the molecule is CC(C)(C)OC(=O)N(CCOCCOS(C)(=O)=O)Cc1ccc(-n2cc(NC(=O)c3coc(-c4ccnc(N(CC5CC5)C(=O)OC(C)(C)C)c4)n3)c(C(F)F)n2)cc1. The molecule has 0 atom stereocenters. The highest BCUT2D eigenvalue weighted by molar-refractivity contribution is 7.85. The third-order valence-corrected chi connectivity index (χ3v) is 8.81. The number of halogens is 2. The maximum absolute atomic E-state index is 14.2. The van der Waals surface area contributed by atoms with Crippen LogP contribution in [0.25, 0.3) is 17.1 Å². The van der Waals surface area contributed by atoms with Crippen LogP contribution in [0.1, 0.15) is 82.6 Å². The fourth-order valence-corrected chi connectivity index (χ4v) is 5.74. The van der Waals surface area contributed by atoms with Crippen molar-refractivity contribution in [1.82, 2.24) is 24.6 Å². The molecule has 0 bridgehead atoms. The fraction of sp³-hybridized carbons (Fsp3) is 0.487. The zero-order valence-corrected chi connectivity index (χ0v) is 34.8. The summed E-state index contributed by atoms with van der Waals surface area (Å²) in [5.41, 5.74) is -1.16. The summed E-state index contributed by atoms with van der Waals surface area (Å²) in [6, 6.07) is 9.76. The number of pyridine rings is 1. The lowest BCUT2D eigenvalue weighted by Gasteiger charge is -2.27. The number of aromatic nitrogens is 4. The molecule has 20 heteroatoms. The zero-order chi connectivity index (χ0) is 43.1. The van der Waals surface area contributed by atoms with Crippen molar-refractivity contribution >= 4 is 39.7 Å². The number of hydrogen-bond acceptors (Lipinski definition) is 13. The van der Waals surface area contributed by atoms with E-state index in [1.807, 2.05) is 0 Å². The summed E-state index contributed by atoms with van der Waals surface area (Å²) in [4.78, 5) is 50.9. The van der Waals surface area contributed by atoms with Gasteiger partial charge in [-0.05, 0) is 90.1 Å². The van der Waals surface area contributed by atoms with Gasteiger partial charge in [-0.15, -0.1) is 0 Å². The van der Waals surface area contributed by atoms with Crippen molar-refractivity contribution in [2.75, 3.05) is 49.4 Å². The number of carbonyl (C=O) groups excluding carboxylic acids is 3. The smallest absolute Gasteiger partial charge is 0.416 e. The van der Waals surface area contributed by atoms with E-state index in [-0.39, 0.29) is 50.2 Å². The van der Waals surface area contributed by atoms with Gasteiger partial charge in [0, 0.05) is 31.4 Å². The summed E-state index contributed by atoms with van der Waals surface area (Å²) in [6.07, 6.45) is 2.52. The summed E-state index contributed by atoms with van der Waals surface area (Å²) in [5, 5.41) is 6.47. The van der Waals surface area contributed by atoms with Gasteiger partial charge in [0.1, 0.15) is 23.3 Å². The quantitative estimate of drug-likeness (QED) is 0.0844. The van der Waals surface area contributed by atoms with Crippen LogP contribution in [0.4, 0.5) is 29.9 Å². The van der Waals surface area contributed by atoms with E-state index in [4.69, 9.17) is 18.6 Å². The lowest BCUT2D eigenvalue weighted by molar-refractivity contribution is 0.0143. The Hall–Kier alpha value is -5.47. The average molecular weight is 846 g/mol. The second-order valence-corrected chi connectivity index (χ2v) is 17.5. The second-order valence-electron chi connectivity index (χ2n) is 15.8. The summed E-state index contributed by atoms with van der Waals surface area (Å²) in [5.74, 6) is -0.145. The number of hydrogen-bond donors (Lipinski definition) is 1. The van der Waals surface area contributed by atoms with Crippen LogP contribution < -0.4 is 10.2 Å². The molecule has 1 aliphatic carbocycles. The van der Waals surface area contributed by atoms with Gasteiger partial charge in [0.05, 0.1) is 43.6 Å². The van der Waals surface area contributed by atoms with Gasteiger partial charge in [0.2, 0.25) is 5.89 Å². The van der Waals surface area contributed by atoms with E-state index in [2.05, 4.69) is 24.6 Å². The van der Waals surface area contributed by atoms with Gasteiger partial charge in [-0.25, -0.2) is 33.0 Å². The Balaban J connectivity index is 1.26. The summed E-state index contributed by atoms with van der Waals surface area (Å²) in [6.45, 7) is 11.0. The number of amides is 3. The van der Waals surface area contributed by atoms with E-state index in [0.717, 1.165) is 25.4 Å². The molecule has 1 saturated carbocycles. The van der Waals surface area contributed by atoms with E-state index < -0.39 is 51.5 Å². The van der Waals surface area contributed by atoms with Crippen molar-refractivity contribution in [2.24, 2.45) is 5.92 Å². The number of rotatable bonds is 17. The molecule has 1 aromatic carbocycles. The van der Waals surface area contributed by atoms with Gasteiger partial charge in [0.25, 0.3) is 22.5 Å². The predicted molar refractivity (Wildman–Crippen MR) is 211 cm³/mol. The van der Waals surface area contributed by atoms with Gasteiger partial charge >= 0.3 is 12.2 Å². The molecule has 0 aliphatic heterocycles. The maximum atomic E-state index is 14.2. The Morgan fingerprint density at radius 2 is 1.66 bits per heavy atom. The van der Waals surface area contributed by atoms with Gasteiger partial charge in [0.15, 0.2) is 11.4 Å². The van der Waals surface area contributed by atoms with Gasteiger partial charge in [-0.1, -0.05) is 12.1 Å². The largest absolute Gasteiger partial charge is 0.444 e. The molecule has 1 N–H and O–H groups in total. The highest BCUT2D eigenvalue weighted by Crippen LogP contribution is 2.33. The highest BCUT2D eigenvalue weighted by Gasteiger charge is 2.32. The van der Waals surface area contributed by atoms with E-state index in [9.17, 15) is 31.6 Å². The Morgan fingerprint density at radius 3 is 2.29 bits per heavy atom. The highest BCUT2D eigenvalue weighted by atomic mass is 32.2. The van der Waals surface area contributed by atoms with Gasteiger partial charge in [-0.2, -0.15) is 13.5 Å². The molecule has 3 heterocycles. The Labute approximate surface area is 341 Å². The number of carbonyl (C=O) groups is 3. The monoisotopic (exact) mass is 845 g/mol. The maximum Gasteiger partial charge on any atom is 0.416 e. The van der Waals surface area contributed by atoms with Crippen molar-refractivity contribution in [3.8, 4) is 17.1 Å². The Morgan fingerprint density at radius 1 is 0.983 bits per heavy atom. The van der Waals surface area contributed by atoms with Crippen molar-refractivity contribution < 1.29 is 54.4 Å². The first-order valence-corrected chi connectivity index (χ1v) is 20.6. The summed E-state index contributed by atoms with van der Waals surface area (Å²) >= 11 is 0. The topological polar surface area (TPSA) is 198 Å². The molecule has 1 fully saturated rings. The van der Waals surface area contributed by atoms with Gasteiger partial charge in [-0.3, -0.25) is 13.9 Å². The first kappa shape index (κ1) is 44.6. The van der Waals surface area contributed by atoms with Gasteiger partial charge < -0.3 is 28.8 Å². The van der Waals surface area contributed by atoms with E-state index >= 15 is 0 Å². The van der Waals surface area contributed by atoms with Crippen LogP contribution in [0.15, 0.2) is 59.5 Å². The molecule has 3 amide bonds. The first-order valence-electron chi connectivity index (χ1n) is 18.7. The molecule has 1 aliphatic rings. The number of benzene rings is 1. The average Bonchev–Trinajstić information content (AvgIpc) is 3.63. The van der Waals surface area contributed by atoms with E-state index in [0.29, 0.717) is 35.1 Å². The predicted octanol–water partition coefficient (Wildman–Crippen LogP) is 6.99. The van der Waals surface area contributed by atoms with Crippen molar-refractivity contribution in [3.05, 3.63) is 72.0 Å². The van der Waals surface area contributed by atoms with E-state index in [1.165, 1.54) is 26.9 Å². The van der Waals surface area contributed by atoms with E-state index in [1.54, 1.807) is 77.9 Å². The number of nitrogens with zero attached hydrogens (tertiary/aromatic N) is 6. The first-order chi connectivity index (χ1) is 27.6. The molecular formula is C39H49F2N7O10S. The lowest BCUT2D eigenvalue weighted by atomic mass is 10.2. The van der Waals surface area contributed by atoms with Crippen LogP contribution in [-0.2, 0) is 35.1 Å². The molecule has 0 radical (unpaired) electrons. The zero-order valence-electron chi connectivity index (χ0n) is 33.9. The molecular weight excluding hydrogens is 797 g/mol. The minimum Gasteiger partial charge on any atom is -0.444 e. The third-order valence-electron chi connectivity index (χ3n) is 8.21. The number of ether oxygens (including phenoxy) is 3. The molecule has 0 saturated heterocycles. The lowest BCUT2D eigenvalue weighted by Crippen LogP contribution is -2.38. The normalized spacial score (nSPS) is 13.3. The number of nitrogens with one attached hydrogen (secondary N) is 1. The number of alkyl halides is 2. The molecule has 320 valence electrons. The molecule has 59 heavy (non-hydrogen) atoms. The second kappa shape index (κ2) is 18.6. The molecule has 0 unspecified atom stereocenters. The molecule has 17 nitrogen and oxygen atoms in total. The molecule has 4 aromatic rings. The van der Waals surface area contributed by atoms with Crippen LogP contribution >= 0.6 is 0 Å². The minimum atomic E-state index is -3.61. The van der Waals surface area contributed by atoms with Crippen LogP contribution in [0, 0.1) is 5.92 Å². The molecule has 5 rings (SSSR count). The van der Waals surface area contributed by atoms with Crippen LogP contribution in [0.3, 0.4) is 0 Å². The Bertz CT molecular complexity index is 2200. The summed E-state index contributed by atoms with van der Waals surface area (Å²) < 4.78 is 78.7. The van der Waals surface area contributed by atoms with Crippen molar-refractivity contribution in [2.45, 2.75) is 78.6 Å². The third kappa shape index (κ3) is 13.8. The number of anilines is 2. The van der Waals surface area contributed by atoms with Crippen LogP contribution in [0.5, 0.6) is 0 Å². The van der Waals surface area contributed by atoms with Crippen LogP contribution in [0.2, 0.25) is 0 Å². The molecule has 0 spiro atoms. The summed E-state index contributed by atoms with van der Waals surface area (Å²) in [7, 11) is -3.61. The molecule has 3 aromatic heterocycles. The minimum absolute atomic E-state index is 0.0131. The van der Waals surface area contributed by atoms with Crippen molar-refractivity contribution in [3.63, 3.8) is 0 Å². The fourth-order valence-electron chi connectivity index (χ4n) is 5.37.